The Labute approximate surface area is 141 Å². The predicted octanol–water partition coefficient (Wildman–Crippen LogP) is 2.27. The van der Waals surface area contributed by atoms with E-state index in [-0.39, 0.29) is 5.82 Å². The highest BCUT2D eigenvalue weighted by Gasteiger charge is 2.23. The molecule has 1 fully saturated rings. The first-order valence-corrected chi connectivity index (χ1v) is 8.23. The van der Waals surface area contributed by atoms with Crippen LogP contribution in [-0.2, 0) is 6.54 Å². The molecule has 0 amide bonds. The van der Waals surface area contributed by atoms with Gasteiger partial charge in [-0.3, -0.25) is 0 Å². The van der Waals surface area contributed by atoms with Crippen molar-refractivity contribution in [2.45, 2.75) is 13.5 Å². The summed E-state index contributed by atoms with van der Waals surface area (Å²) in [6, 6.07) is 10.4. The van der Waals surface area contributed by atoms with Gasteiger partial charge in [-0.1, -0.05) is 19.1 Å². The van der Waals surface area contributed by atoms with Crippen LogP contribution < -0.4 is 10.6 Å². The lowest BCUT2D eigenvalue weighted by atomic mass is 10.2. The Morgan fingerprint density at radius 1 is 1.21 bits per heavy atom. The van der Waals surface area contributed by atoms with Crippen LogP contribution in [0.1, 0.15) is 18.2 Å². The molecule has 1 aliphatic heterocycles. The maximum Gasteiger partial charge on any atom is 0.133 e. The third kappa shape index (κ3) is 3.22. The monoisotopic (exact) mass is 327 g/mol. The Morgan fingerprint density at radius 2 is 1.96 bits per heavy atom. The van der Waals surface area contributed by atoms with E-state index < -0.39 is 0 Å². The standard InChI is InChI=1S/C18H22FN5/c1-2-22-6-8-23(9-7-22)18-17(21)11-16(12-20)24(18)13-14-4-3-5-15(19)10-14/h3-5,10-11H,2,6-9,13,21H2,1H3. The minimum Gasteiger partial charge on any atom is -0.396 e. The number of nitrogen functional groups attached to an aromatic ring is 1. The molecule has 126 valence electrons. The van der Waals surface area contributed by atoms with Gasteiger partial charge in [-0.15, -0.1) is 0 Å². The fraction of sp³-hybridized carbons (Fsp3) is 0.389. The first kappa shape index (κ1) is 16.3. The number of rotatable bonds is 4. The number of benzene rings is 1. The minimum absolute atomic E-state index is 0.274. The molecule has 0 aliphatic carbocycles. The van der Waals surface area contributed by atoms with E-state index in [0.29, 0.717) is 17.9 Å². The Morgan fingerprint density at radius 3 is 2.58 bits per heavy atom. The molecular formula is C18H22FN5. The quantitative estimate of drug-likeness (QED) is 0.936. The molecule has 3 rings (SSSR count). The van der Waals surface area contributed by atoms with E-state index in [1.807, 2.05) is 10.6 Å². The van der Waals surface area contributed by atoms with Gasteiger partial charge in [0, 0.05) is 26.2 Å². The lowest BCUT2D eigenvalue weighted by Crippen LogP contribution is -2.47. The summed E-state index contributed by atoms with van der Waals surface area (Å²) in [7, 11) is 0. The zero-order valence-electron chi connectivity index (χ0n) is 13.9. The summed E-state index contributed by atoms with van der Waals surface area (Å²) in [4.78, 5) is 4.61. The Hall–Kier alpha value is -2.52. The summed E-state index contributed by atoms with van der Waals surface area (Å²) in [5, 5.41) is 9.44. The number of anilines is 2. The maximum atomic E-state index is 13.5. The molecule has 2 N–H and O–H groups in total. The summed E-state index contributed by atoms with van der Waals surface area (Å²) in [5.41, 5.74) is 8.12. The topological polar surface area (TPSA) is 61.2 Å². The molecule has 0 spiro atoms. The summed E-state index contributed by atoms with van der Waals surface area (Å²) in [5.74, 6) is 0.593. The van der Waals surface area contributed by atoms with Gasteiger partial charge in [-0.2, -0.15) is 5.26 Å². The van der Waals surface area contributed by atoms with Gasteiger partial charge in [0.1, 0.15) is 23.4 Å². The van der Waals surface area contributed by atoms with Crippen molar-refractivity contribution in [2.75, 3.05) is 43.4 Å². The Kier molecular flexibility index (Phi) is 4.72. The fourth-order valence-electron chi connectivity index (χ4n) is 3.26. The lowest BCUT2D eigenvalue weighted by Gasteiger charge is -2.36. The van der Waals surface area contributed by atoms with Crippen molar-refractivity contribution in [1.29, 1.82) is 5.26 Å². The number of hydrogen-bond donors (Lipinski definition) is 1. The maximum absolute atomic E-state index is 13.5. The van der Waals surface area contributed by atoms with Crippen molar-refractivity contribution in [3.63, 3.8) is 0 Å². The van der Waals surface area contributed by atoms with Crippen LogP contribution in [0, 0.1) is 17.1 Å². The third-order valence-electron chi connectivity index (χ3n) is 4.56. The van der Waals surface area contributed by atoms with Crippen LogP contribution in [0.2, 0.25) is 0 Å². The van der Waals surface area contributed by atoms with Crippen molar-refractivity contribution in [3.05, 3.63) is 47.4 Å². The number of hydrogen-bond acceptors (Lipinski definition) is 4. The smallest absolute Gasteiger partial charge is 0.133 e. The van der Waals surface area contributed by atoms with Gasteiger partial charge in [0.15, 0.2) is 0 Å². The largest absolute Gasteiger partial charge is 0.396 e. The highest BCUT2D eigenvalue weighted by atomic mass is 19.1. The molecule has 6 heteroatoms. The van der Waals surface area contributed by atoms with Crippen molar-refractivity contribution >= 4 is 11.5 Å². The number of nitriles is 1. The van der Waals surface area contributed by atoms with E-state index >= 15 is 0 Å². The van der Waals surface area contributed by atoms with Gasteiger partial charge in [0.05, 0.1) is 12.2 Å². The van der Waals surface area contributed by atoms with E-state index in [1.165, 1.54) is 12.1 Å². The molecule has 0 saturated carbocycles. The van der Waals surface area contributed by atoms with Crippen LogP contribution in [0.4, 0.5) is 15.9 Å². The van der Waals surface area contributed by atoms with Gasteiger partial charge in [0.2, 0.25) is 0 Å². The van der Waals surface area contributed by atoms with Crippen molar-refractivity contribution < 1.29 is 4.39 Å². The van der Waals surface area contributed by atoms with Gasteiger partial charge >= 0.3 is 0 Å². The molecule has 0 radical (unpaired) electrons. The summed E-state index contributed by atoms with van der Waals surface area (Å²) >= 11 is 0. The molecular weight excluding hydrogens is 305 g/mol. The molecule has 24 heavy (non-hydrogen) atoms. The number of piperazine rings is 1. The van der Waals surface area contributed by atoms with E-state index in [9.17, 15) is 9.65 Å². The molecule has 1 saturated heterocycles. The van der Waals surface area contributed by atoms with Crippen LogP contribution >= 0.6 is 0 Å². The molecule has 0 bridgehead atoms. The van der Waals surface area contributed by atoms with Gasteiger partial charge < -0.3 is 20.1 Å². The highest BCUT2D eigenvalue weighted by molar-refractivity contribution is 5.68. The fourth-order valence-corrected chi connectivity index (χ4v) is 3.26. The Balaban J connectivity index is 1.92. The van der Waals surface area contributed by atoms with Crippen LogP contribution in [0.15, 0.2) is 30.3 Å². The number of halogens is 1. The molecule has 2 heterocycles. The van der Waals surface area contributed by atoms with E-state index in [1.54, 1.807) is 12.1 Å². The highest BCUT2D eigenvalue weighted by Crippen LogP contribution is 2.29. The van der Waals surface area contributed by atoms with Crippen molar-refractivity contribution in [2.24, 2.45) is 0 Å². The number of nitrogens with two attached hydrogens (primary N) is 1. The van der Waals surface area contributed by atoms with E-state index in [0.717, 1.165) is 44.1 Å². The average molecular weight is 327 g/mol. The lowest BCUT2D eigenvalue weighted by molar-refractivity contribution is 0.270. The summed E-state index contributed by atoms with van der Waals surface area (Å²) in [6.07, 6.45) is 0. The molecule has 2 aromatic rings. The molecule has 0 unspecified atom stereocenters. The molecule has 5 nitrogen and oxygen atoms in total. The summed E-state index contributed by atoms with van der Waals surface area (Å²) < 4.78 is 15.4. The van der Waals surface area contributed by atoms with E-state index in [2.05, 4.69) is 22.8 Å². The Bertz CT molecular complexity index is 753. The zero-order chi connectivity index (χ0) is 17.1. The second-order valence-electron chi connectivity index (χ2n) is 6.06. The average Bonchev–Trinajstić information content (AvgIpc) is 2.90. The normalized spacial score (nSPS) is 15.5. The second-order valence-corrected chi connectivity index (χ2v) is 6.06. The summed E-state index contributed by atoms with van der Waals surface area (Å²) in [6.45, 7) is 7.32. The van der Waals surface area contributed by atoms with Crippen LogP contribution in [-0.4, -0.2) is 42.2 Å². The second kappa shape index (κ2) is 6.93. The van der Waals surface area contributed by atoms with Crippen molar-refractivity contribution in [3.8, 4) is 6.07 Å². The molecule has 1 aromatic heterocycles. The SMILES string of the molecule is CCN1CCN(c2c(N)cc(C#N)n2Cc2cccc(F)c2)CC1. The number of nitrogens with zero attached hydrogens (tertiary/aromatic N) is 4. The molecule has 1 aliphatic rings. The molecule has 0 atom stereocenters. The van der Waals surface area contributed by atoms with Crippen molar-refractivity contribution in [1.82, 2.24) is 9.47 Å². The van der Waals surface area contributed by atoms with Crippen LogP contribution in [0.3, 0.4) is 0 Å². The van der Waals surface area contributed by atoms with Gasteiger partial charge in [-0.05, 0) is 30.3 Å². The van der Waals surface area contributed by atoms with E-state index in [4.69, 9.17) is 5.73 Å². The first-order chi connectivity index (χ1) is 11.6. The predicted molar refractivity (Wildman–Crippen MR) is 93.4 cm³/mol. The number of likely N-dealkylation sites (N-methyl/N-ethyl adjacent to an activating group) is 1. The first-order valence-electron chi connectivity index (χ1n) is 8.23. The van der Waals surface area contributed by atoms with Crippen LogP contribution in [0.25, 0.3) is 0 Å². The van der Waals surface area contributed by atoms with Gasteiger partial charge in [0.25, 0.3) is 0 Å². The van der Waals surface area contributed by atoms with Gasteiger partial charge in [-0.25, -0.2) is 4.39 Å². The number of aromatic nitrogens is 1. The van der Waals surface area contributed by atoms with Crippen LogP contribution in [0.5, 0.6) is 0 Å². The third-order valence-corrected chi connectivity index (χ3v) is 4.56. The molecule has 1 aromatic carbocycles. The minimum atomic E-state index is -0.274. The zero-order valence-corrected chi connectivity index (χ0v) is 13.9.